The lowest BCUT2D eigenvalue weighted by molar-refractivity contribution is 0.0956. The molecule has 0 bridgehead atoms. The monoisotopic (exact) mass is 405 g/mol. The molecule has 28 heavy (non-hydrogen) atoms. The van der Waals surface area contributed by atoms with Gasteiger partial charge in [-0.2, -0.15) is 4.31 Å². The first kappa shape index (κ1) is 20.3. The third-order valence-corrected chi connectivity index (χ3v) is 6.66. The van der Waals surface area contributed by atoms with Crippen molar-refractivity contribution in [3.05, 3.63) is 65.5 Å². The number of anilines is 1. The van der Waals surface area contributed by atoms with Crippen molar-refractivity contribution in [3.63, 3.8) is 0 Å². The summed E-state index contributed by atoms with van der Waals surface area (Å²) < 4.78 is 39.6. The molecule has 1 heterocycles. The van der Waals surface area contributed by atoms with Gasteiger partial charge in [0.05, 0.1) is 5.75 Å². The number of amides is 1. The minimum Gasteiger partial charge on any atom is -0.369 e. The molecule has 0 spiro atoms. The standard InChI is InChI=1S/C20H24FN3O3S/c1-16-2-4-17(5-3-16)20(25)22-10-15-28(26,27)24-13-11-23(12-14-24)19-8-6-18(21)7-9-19/h2-9H,10-15H2,1H3,(H,22,25). The molecule has 0 saturated carbocycles. The van der Waals surface area contributed by atoms with Gasteiger partial charge in [0.2, 0.25) is 10.0 Å². The molecule has 1 fully saturated rings. The summed E-state index contributed by atoms with van der Waals surface area (Å²) in [5.41, 5.74) is 2.44. The maximum Gasteiger partial charge on any atom is 0.251 e. The zero-order chi connectivity index (χ0) is 20.1. The number of rotatable bonds is 6. The number of sulfonamides is 1. The van der Waals surface area contributed by atoms with Crippen LogP contribution in [-0.2, 0) is 10.0 Å². The highest BCUT2D eigenvalue weighted by Crippen LogP contribution is 2.18. The SMILES string of the molecule is Cc1ccc(C(=O)NCCS(=O)(=O)N2CCN(c3ccc(F)cc3)CC2)cc1. The lowest BCUT2D eigenvalue weighted by Crippen LogP contribution is -2.50. The van der Waals surface area contributed by atoms with Gasteiger partial charge in [0, 0.05) is 44.0 Å². The van der Waals surface area contributed by atoms with Crippen LogP contribution in [0.3, 0.4) is 0 Å². The molecule has 3 rings (SSSR count). The maximum absolute atomic E-state index is 13.0. The Morgan fingerprint density at radius 2 is 1.61 bits per heavy atom. The van der Waals surface area contributed by atoms with E-state index in [0.29, 0.717) is 31.7 Å². The first-order valence-electron chi connectivity index (χ1n) is 9.18. The molecule has 8 heteroatoms. The molecular weight excluding hydrogens is 381 g/mol. The van der Waals surface area contributed by atoms with E-state index in [4.69, 9.17) is 0 Å². The molecule has 0 aromatic heterocycles. The van der Waals surface area contributed by atoms with Crippen LogP contribution in [-0.4, -0.2) is 57.1 Å². The zero-order valence-electron chi connectivity index (χ0n) is 15.8. The van der Waals surface area contributed by atoms with Crippen molar-refractivity contribution in [3.8, 4) is 0 Å². The number of hydrogen-bond donors (Lipinski definition) is 1. The van der Waals surface area contributed by atoms with Crippen LogP contribution >= 0.6 is 0 Å². The van der Waals surface area contributed by atoms with Crippen molar-refractivity contribution in [2.75, 3.05) is 43.4 Å². The van der Waals surface area contributed by atoms with Gasteiger partial charge in [0.25, 0.3) is 5.91 Å². The molecule has 1 aliphatic rings. The predicted molar refractivity (Wildman–Crippen MR) is 107 cm³/mol. The summed E-state index contributed by atoms with van der Waals surface area (Å²) in [7, 11) is -3.45. The average molecular weight is 405 g/mol. The third kappa shape index (κ3) is 5.08. The summed E-state index contributed by atoms with van der Waals surface area (Å²) in [6.45, 7) is 3.82. The molecule has 0 unspecified atom stereocenters. The van der Waals surface area contributed by atoms with E-state index in [0.717, 1.165) is 11.3 Å². The van der Waals surface area contributed by atoms with Crippen LogP contribution in [0.5, 0.6) is 0 Å². The molecule has 1 saturated heterocycles. The molecule has 1 N–H and O–H groups in total. The van der Waals surface area contributed by atoms with Crippen molar-refractivity contribution < 1.29 is 17.6 Å². The van der Waals surface area contributed by atoms with E-state index in [9.17, 15) is 17.6 Å². The topological polar surface area (TPSA) is 69.7 Å². The summed E-state index contributed by atoms with van der Waals surface area (Å²) >= 11 is 0. The lowest BCUT2D eigenvalue weighted by atomic mass is 10.1. The largest absolute Gasteiger partial charge is 0.369 e. The fourth-order valence-electron chi connectivity index (χ4n) is 3.11. The Kier molecular flexibility index (Phi) is 6.31. The molecule has 2 aromatic carbocycles. The molecule has 2 aromatic rings. The molecule has 1 amide bonds. The lowest BCUT2D eigenvalue weighted by Gasteiger charge is -2.35. The number of benzene rings is 2. The van der Waals surface area contributed by atoms with Gasteiger partial charge in [0.1, 0.15) is 5.82 Å². The minimum atomic E-state index is -3.45. The number of aryl methyl sites for hydroxylation is 1. The fraction of sp³-hybridized carbons (Fsp3) is 0.350. The molecule has 1 aliphatic heterocycles. The quantitative estimate of drug-likeness (QED) is 0.798. The number of piperazine rings is 1. The van der Waals surface area contributed by atoms with Crippen LogP contribution in [0.4, 0.5) is 10.1 Å². The number of nitrogens with one attached hydrogen (secondary N) is 1. The number of nitrogens with zero attached hydrogens (tertiary/aromatic N) is 2. The van der Waals surface area contributed by atoms with Gasteiger partial charge in [-0.15, -0.1) is 0 Å². The predicted octanol–water partition coefficient (Wildman–Crippen LogP) is 2.02. The molecule has 150 valence electrons. The number of hydrogen-bond acceptors (Lipinski definition) is 4. The first-order valence-corrected chi connectivity index (χ1v) is 10.8. The molecule has 0 radical (unpaired) electrons. The van der Waals surface area contributed by atoms with Gasteiger partial charge < -0.3 is 10.2 Å². The highest BCUT2D eigenvalue weighted by molar-refractivity contribution is 7.89. The van der Waals surface area contributed by atoms with E-state index in [-0.39, 0.29) is 24.0 Å². The zero-order valence-corrected chi connectivity index (χ0v) is 16.6. The first-order chi connectivity index (χ1) is 13.3. The maximum atomic E-state index is 13.0. The normalized spacial score (nSPS) is 15.4. The highest BCUT2D eigenvalue weighted by Gasteiger charge is 2.26. The van der Waals surface area contributed by atoms with Crippen molar-refractivity contribution in [2.45, 2.75) is 6.92 Å². The van der Waals surface area contributed by atoms with Crippen molar-refractivity contribution >= 4 is 21.6 Å². The van der Waals surface area contributed by atoms with E-state index in [1.54, 1.807) is 24.3 Å². The summed E-state index contributed by atoms with van der Waals surface area (Å²) in [5.74, 6) is -0.713. The second kappa shape index (κ2) is 8.70. The Labute approximate surface area is 165 Å². The molecule has 6 nitrogen and oxygen atoms in total. The fourth-order valence-corrected chi connectivity index (χ4v) is 4.44. The summed E-state index contributed by atoms with van der Waals surface area (Å²) in [4.78, 5) is 14.1. The number of carbonyl (C=O) groups is 1. The molecular formula is C20H24FN3O3S. The third-order valence-electron chi connectivity index (χ3n) is 4.78. The highest BCUT2D eigenvalue weighted by atomic mass is 32.2. The van der Waals surface area contributed by atoms with Crippen molar-refractivity contribution in [1.82, 2.24) is 9.62 Å². The van der Waals surface area contributed by atoms with Crippen LogP contribution in [0.15, 0.2) is 48.5 Å². The van der Waals surface area contributed by atoms with E-state index in [1.807, 2.05) is 24.0 Å². The second-order valence-electron chi connectivity index (χ2n) is 6.80. The van der Waals surface area contributed by atoms with Gasteiger partial charge in [-0.3, -0.25) is 4.79 Å². The van der Waals surface area contributed by atoms with Gasteiger partial charge in [-0.25, -0.2) is 12.8 Å². The van der Waals surface area contributed by atoms with Crippen LogP contribution in [0, 0.1) is 12.7 Å². The Hall–Kier alpha value is -2.45. The van der Waals surface area contributed by atoms with Crippen LogP contribution < -0.4 is 10.2 Å². The van der Waals surface area contributed by atoms with Crippen molar-refractivity contribution in [1.29, 1.82) is 0 Å². The van der Waals surface area contributed by atoms with Crippen LogP contribution in [0.1, 0.15) is 15.9 Å². The molecule has 0 atom stereocenters. The number of carbonyl (C=O) groups excluding carboxylic acids is 1. The van der Waals surface area contributed by atoms with E-state index in [2.05, 4.69) is 5.32 Å². The van der Waals surface area contributed by atoms with Gasteiger partial charge in [-0.1, -0.05) is 17.7 Å². The van der Waals surface area contributed by atoms with Gasteiger partial charge in [-0.05, 0) is 43.3 Å². The summed E-state index contributed by atoms with van der Waals surface area (Å²) in [5, 5.41) is 2.66. The van der Waals surface area contributed by atoms with Crippen LogP contribution in [0.25, 0.3) is 0 Å². The second-order valence-corrected chi connectivity index (χ2v) is 8.89. The van der Waals surface area contributed by atoms with Gasteiger partial charge >= 0.3 is 0 Å². The Morgan fingerprint density at radius 3 is 2.21 bits per heavy atom. The Bertz CT molecular complexity index is 907. The van der Waals surface area contributed by atoms with E-state index >= 15 is 0 Å². The van der Waals surface area contributed by atoms with Crippen molar-refractivity contribution in [2.24, 2.45) is 0 Å². The van der Waals surface area contributed by atoms with E-state index in [1.165, 1.54) is 16.4 Å². The Morgan fingerprint density at radius 1 is 1.00 bits per heavy atom. The average Bonchev–Trinajstić information content (AvgIpc) is 2.69. The summed E-state index contributed by atoms with van der Waals surface area (Å²) in [6, 6.07) is 13.3. The number of halogens is 1. The minimum absolute atomic E-state index is 0.0627. The summed E-state index contributed by atoms with van der Waals surface area (Å²) in [6.07, 6.45) is 0. The Balaban J connectivity index is 1.48. The van der Waals surface area contributed by atoms with Crippen LogP contribution in [0.2, 0.25) is 0 Å². The van der Waals surface area contributed by atoms with Gasteiger partial charge in [0.15, 0.2) is 0 Å². The molecule has 0 aliphatic carbocycles. The smallest absolute Gasteiger partial charge is 0.251 e. The van der Waals surface area contributed by atoms with E-state index < -0.39 is 10.0 Å².